The maximum Gasteiger partial charge on any atom is 0.243 e. The molecule has 0 atom stereocenters. The molecule has 0 radical (unpaired) electrons. The third-order valence-electron chi connectivity index (χ3n) is 3.84. The molecule has 0 unspecified atom stereocenters. The molecule has 0 spiro atoms. The van der Waals surface area contributed by atoms with Crippen LogP contribution in [0.1, 0.15) is 90.9 Å². The van der Waals surface area contributed by atoms with Crippen molar-refractivity contribution < 1.29 is 4.79 Å². The SMILES string of the molecule is C=CC(=O)NC(CCCCCCC)CCCCCCC. The van der Waals surface area contributed by atoms with Gasteiger partial charge in [0.05, 0.1) is 0 Å². The molecular weight excluding hydrogens is 246 g/mol. The van der Waals surface area contributed by atoms with E-state index in [0.29, 0.717) is 6.04 Å². The highest BCUT2D eigenvalue weighted by molar-refractivity contribution is 5.87. The van der Waals surface area contributed by atoms with Gasteiger partial charge in [0.15, 0.2) is 0 Å². The van der Waals surface area contributed by atoms with Gasteiger partial charge in [-0.25, -0.2) is 0 Å². The Hall–Kier alpha value is -0.790. The van der Waals surface area contributed by atoms with Crippen molar-refractivity contribution >= 4 is 5.91 Å². The van der Waals surface area contributed by atoms with Gasteiger partial charge in [0.2, 0.25) is 5.91 Å². The van der Waals surface area contributed by atoms with Gasteiger partial charge in [-0.15, -0.1) is 0 Å². The molecule has 1 amide bonds. The Kier molecular flexibility index (Phi) is 14.0. The fourth-order valence-corrected chi connectivity index (χ4v) is 2.54. The number of hydrogen-bond acceptors (Lipinski definition) is 1. The number of hydrogen-bond donors (Lipinski definition) is 1. The molecule has 0 bridgehead atoms. The second-order valence-corrected chi connectivity index (χ2v) is 5.82. The number of carbonyl (C=O) groups excluding carboxylic acids is 1. The zero-order valence-electron chi connectivity index (χ0n) is 13.8. The van der Waals surface area contributed by atoms with Crippen molar-refractivity contribution in [3.63, 3.8) is 0 Å². The van der Waals surface area contributed by atoms with Gasteiger partial charge in [0, 0.05) is 6.04 Å². The van der Waals surface area contributed by atoms with Gasteiger partial charge in [-0.2, -0.15) is 0 Å². The molecule has 0 aliphatic rings. The van der Waals surface area contributed by atoms with Crippen LogP contribution in [0.2, 0.25) is 0 Å². The Morgan fingerprint density at radius 1 is 0.900 bits per heavy atom. The summed E-state index contributed by atoms with van der Waals surface area (Å²) in [5.74, 6) is -0.0166. The lowest BCUT2D eigenvalue weighted by Crippen LogP contribution is -2.33. The topological polar surface area (TPSA) is 29.1 Å². The predicted octanol–water partition coefficient (Wildman–Crippen LogP) is 5.38. The van der Waals surface area contributed by atoms with E-state index in [9.17, 15) is 4.79 Å². The molecule has 1 N–H and O–H groups in total. The zero-order chi connectivity index (χ0) is 15.1. The maximum atomic E-state index is 11.5. The summed E-state index contributed by atoms with van der Waals surface area (Å²) in [7, 11) is 0. The summed E-state index contributed by atoms with van der Waals surface area (Å²) >= 11 is 0. The fraction of sp³-hybridized carbons (Fsp3) is 0.833. The van der Waals surface area contributed by atoms with Crippen LogP contribution in [0.25, 0.3) is 0 Å². The van der Waals surface area contributed by atoms with E-state index in [-0.39, 0.29) is 5.91 Å². The van der Waals surface area contributed by atoms with E-state index in [1.807, 2.05) is 0 Å². The lowest BCUT2D eigenvalue weighted by atomic mass is 10.0. The van der Waals surface area contributed by atoms with Gasteiger partial charge in [-0.05, 0) is 18.9 Å². The summed E-state index contributed by atoms with van der Waals surface area (Å²) < 4.78 is 0. The Labute approximate surface area is 126 Å². The minimum absolute atomic E-state index is 0.0166. The molecule has 2 nitrogen and oxygen atoms in total. The van der Waals surface area contributed by atoms with Crippen LogP contribution in [0, 0.1) is 0 Å². The van der Waals surface area contributed by atoms with E-state index in [4.69, 9.17) is 0 Å². The Balaban J connectivity index is 3.82. The third kappa shape index (κ3) is 12.3. The molecule has 0 aliphatic heterocycles. The second kappa shape index (κ2) is 14.6. The quantitative estimate of drug-likeness (QED) is 0.336. The van der Waals surface area contributed by atoms with Crippen LogP contribution in [0.3, 0.4) is 0 Å². The van der Waals surface area contributed by atoms with Gasteiger partial charge in [0.1, 0.15) is 0 Å². The molecule has 0 aromatic heterocycles. The molecule has 0 saturated heterocycles. The highest BCUT2D eigenvalue weighted by atomic mass is 16.1. The highest BCUT2D eigenvalue weighted by Crippen LogP contribution is 2.13. The number of unbranched alkanes of at least 4 members (excludes halogenated alkanes) is 8. The molecular formula is C18H35NO. The van der Waals surface area contributed by atoms with E-state index >= 15 is 0 Å². The molecule has 2 heteroatoms. The van der Waals surface area contributed by atoms with E-state index in [0.717, 1.165) is 12.8 Å². The maximum absolute atomic E-state index is 11.5. The van der Waals surface area contributed by atoms with Crippen LogP contribution in [0.15, 0.2) is 12.7 Å². The lowest BCUT2D eigenvalue weighted by Gasteiger charge is -2.18. The van der Waals surface area contributed by atoms with Crippen molar-refractivity contribution in [2.24, 2.45) is 0 Å². The van der Waals surface area contributed by atoms with E-state index in [1.165, 1.54) is 70.3 Å². The first-order valence-electron chi connectivity index (χ1n) is 8.67. The Morgan fingerprint density at radius 2 is 1.35 bits per heavy atom. The smallest absolute Gasteiger partial charge is 0.243 e. The summed E-state index contributed by atoms with van der Waals surface area (Å²) in [5.41, 5.74) is 0. The van der Waals surface area contributed by atoms with Gasteiger partial charge in [-0.3, -0.25) is 4.79 Å². The summed E-state index contributed by atoms with van der Waals surface area (Å²) in [4.78, 5) is 11.5. The summed E-state index contributed by atoms with van der Waals surface area (Å²) in [6.45, 7) is 8.02. The Morgan fingerprint density at radius 3 is 1.75 bits per heavy atom. The van der Waals surface area contributed by atoms with Crippen LogP contribution in [-0.4, -0.2) is 11.9 Å². The minimum Gasteiger partial charge on any atom is -0.350 e. The monoisotopic (exact) mass is 281 g/mol. The lowest BCUT2D eigenvalue weighted by molar-refractivity contribution is -0.117. The Bertz CT molecular complexity index is 224. The predicted molar refractivity (Wildman–Crippen MR) is 88.9 cm³/mol. The normalized spacial score (nSPS) is 10.8. The van der Waals surface area contributed by atoms with Gasteiger partial charge < -0.3 is 5.32 Å². The highest BCUT2D eigenvalue weighted by Gasteiger charge is 2.09. The average Bonchev–Trinajstić information content (AvgIpc) is 2.46. The van der Waals surface area contributed by atoms with E-state index < -0.39 is 0 Å². The van der Waals surface area contributed by atoms with Gasteiger partial charge >= 0.3 is 0 Å². The average molecular weight is 281 g/mol. The molecule has 0 rings (SSSR count). The first-order chi connectivity index (χ1) is 9.74. The molecule has 0 saturated carbocycles. The van der Waals surface area contributed by atoms with Crippen molar-refractivity contribution in [3.05, 3.63) is 12.7 Å². The van der Waals surface area contributed by atoms with Crippen LogP contribution < -0.4 is 5.32 Å². The number of rotatable bonds is 14. The van der Waals surface area contributed by atoms with Gasteiger partial charge in [-0.1, -0.05) is 84.6 Å². The molecule has 0 aromatic carbocycles. The van der Waals surface area contributed by atoms with Gasteiger partial charge in [0.25, 0.3) is 0 Å². The number of nitrogens with one attached hydrogen (secondary N) is 1. The third-order valence-corrected chi connectivity index (χ3v) is 3.84. The number of amides is 1. The van der Waals surface area contributed by atoms with Crippen molar-refractivity contribution in [1.29, 1.82) is 0 Å². The number of carbonyl (C=O) groups is 1. The summed E-state index contributed by atoms with van der Waals surface area (Å²) in [5, 5.41) is 3.09. The molecule has 20 heavy (non-hydrogen) atoms. The molecule has 118 valence electrons. The van der Waals surface area contributed by atoms with E-state index in [2.05, 4.69) is 25.7 Å². The van der Waals surface area contributed by atoms with Crippen LogP contribution in [0.4, 0.5) is 0 Å². The van der Waals surface area contributed by atoms with Crippen molar-refractivity contribution in [1.82, 2.24) is 5.32 Å². The minimum atomic E-state index is -0.0166. The summed E-state index contributed by atoms with van der Waals surface area (Å²) in [6, 6.07) is 0.351. The molecule has 0 heterocycles. The summed E-state index contributed by atoms with van der Waals surface area (Å²) in [6.07, 6.45) is 16.6. The van der Waals surface area contributed by atoms with Crippen molar-refractivity contribution in [3.8, 4) is 0 Å². The first-order valence-corrected chi connectivity index (χ1v) is 8.67. The van der Waals surface area contributed by atoms with Crippen LogP contribution in [0.5, 0.6) is 0 Å². The second-order valence-electron chi connectivity index (χ2n) is 5.82. The fourth-order valence-electron chi connectivity index (χ4n) is 2.54. The van der Waals surface area contributed by atoms with Crippen LogP contribution in [-0.2, 0) is 4.79 Å². The standard InChI is InChI=1S/C18H35NO/c1-4-7-9-11-13-15-17(19-18(20)6-3)16-14-12-10-8-5-2/h6,17H,3-5,7-16H2,1-2H3,(H,19,20). The molecule has 0 fully saturated rings. The van der Waals surface area contributed by atoms with Crippen LogP contribution >= 0.6 is 0 Å². The molecule has 0 aromatic rings. The van der Waals surface area contributed by atoms with Crippen molar-refractivity contribution in [2.45, 2.75) is 96.9 Å². The first kappa shape index (κ1) is 19.2. The zero-order valence-corrected chi connectivity index (χ0v) is 13.8. The van der Waals surface area contributed by atoms with Crippen molar-refractivity contribution in [2.75, 3.05) is 0 Å². The largest absolute Gasteiger partial charge is 0.350 e. The molecule has 0 aliphatic carbocycles. The van der Waals surface area contributed by atoms with E-state index in [1.54, 1.807) is 0 Å².